The lowest BCUT2D eigenvalue weighted by atomic mass is 10.0. The number of carboxylic acid groups (broad SMARTS) is 1. The van der Waals surface area contributed by atoms with Crippen LogP contribution < -0.4 is 10.6 Å². The van der Waals surface area contributed by atoms with Gasteiger partial charge in [-0.25, -0.2) is 4.79 Å². The van der Waals surface area contributed by atoms with Crippen LogP contribution in [0.1, 0.15) is 48.2 Å². The van der Waals surface area contributed by atoms with Crippen LogP contribution in [-0.2, 0) is 22.4 Å². The van der Waals surface area contributed by atoms with E-state index in [1.165, 1.54) is 11.1 Å². The summed E-state index contributed by atoms with van der Waals surface area (Å²) in [6.45, 7) is 3.53. The van der Waals surface area contributed by atoms with Crippen molar-refractivity contribution in [3.05, 3.63) is 34.9 Å². The molecule has 2 rings (SSSR count). The molecule has 1 aromatic rings. The molecule has 6 heteroatoms. The van der Waals surface area contributed by atoms with Gasteiger partial charge in [-0.1, -0.05) is 19.9 Å². The maximum Gasteiger partial charge on any atom is 0.326 e. The molecule has 24 heavy (non-hydrogen) atoms. The van der Waals surface area contributed by atoms with E-state index in [2.05, 4.69) is 10.6 Å². The molecule has 0 bridgehead atoms. The second-order valence-corrected chi connectivity index (χ2v) is 6.61. The number of rotatable bonds is 7. The quantitative estimate of drug-likeness (QED) is 0.705. The smallest absolute Gasteiger partial charge is 0.326 e. The van der Waals surface area contributed by atoms with Crippen LogP contribution in [0.2, 0.25) is 0 Å². The van der Waals surface area contributed by atoms with Crippen molar-refractivity contribution in [3.63, 3.8) is 0 Å². The van der Waals surface area contributed by atoms with E-state index in [0.29, 0.717) is 12.0 Å². The van der Waals surface area contributed by atoms with Crippen molar-refractivity contribution in [2.45, 2.75) is 45.6 Å². The fourth-order valence-corrected chi connectivity index (χ4v) is 2.91. The largest absolute Gasteiger partial charge is 0.480 e. The number of hydrogen-bond acceptors (Lipinski definition) is 3. The molecular formula is C18H24N2O4. The molecule has 0 spiro atoms. The first-order valence-electron chi connectivity index (χ1n) is 8.29. The molecule has 0 saturated heterocycles. The minimum Gasteiger partial charge on any atom is -0.480 e. The molecule has 0 unspecified atom stereocenters. The van der Waals surface area contributed by atoms with E-state index in [0.717, 1.165) is 19.3 Å². The van der Waals surface area contributed by atoms with Gasteiger partial charge >= 0.3 is 5.97 Å². The van der Waals surface area contributed by atoms with E-state index in [9.17, 15) is 14.4 Å². The fraction of sp³-hybridized carbons (Fsp3) is 0.500. The summed E-state index contributed by atoms with van der Waals surface area (Å²) in [7, 11) is 0. The molecule has 130 valence electrons. The lowest BCUT2D eigenvalue weighted by Gasteiger charge is -2.16. The van der Waals surface area contributed by atoms with Crippen LogP contribution in [-0.4, -0.2) is 35.5 Å². The van der Waals surface area contributed by atoms with Crippen molar-refractivity contribution in [2.24, 2.45) is 5.92 Å². The third-order valence-corrected chi connectivity index (χ3v) is 4.11. The molecule has 6 nitrogen and oxygen atoms in total. The number of aryl methyl sites for hydroxylation is 2. The number of carboxylic acids is 1. The second-order valence-electron chi connectivity index (χ2n) is 6.61. The average molecular weight is 332 g/mol. The van der Waals surface area contributed by atoms with Crippen molar-refractivity contribution >= 4 is 17.8 Å². The number of fused-ring (bicyclic) bond motifs is 1. The summed E-state index contributed by atoms with van der Waals surface area (Å²) in [5.41, 5.74) is 3.00. The SMILES string of the molecule is CC(C)C[C@H](NC(=O)CNC(=O)c1ccc2c(c1)CCC2)C(=O)O. The normalized spacial score (nSPS) is 14.1. The van der Waals surface area contributed by atoms with E-state index in [-0.39, 0.29) is 18.4 Å². The summed E-state index contributed by atoms with van der Waals surface area (Å²) in [4.78, 5) is 35.1. The zero-order chi connectivity index (χ0) is 17.7. The number of nitrogens with one attached hydrogen (secondary N) is 2. The van der Waals surface area contributed by atoms with Gasteiger partial charge in [0, 0.05) is 5.56 Å². The zero-order valence-corrected chi connectivity index (χ0v) is 14.1. The van der Waals surface area contributed by atoms with Gasteiger partial charge in [-0.2, -0.15) is 0 Å². The molecule has 0 radical (unpaired) electrons. The van der Waals surface area contributed by atoms with Crippen molar-refractivity contribution in [1.82, 2.24) is 10.6 Å². The summed E-state index contributed by atoms with van der Waals surface area (Å²) in [6, 6.07) is 4.65. The number of hydrogen-bond donors (Lipinski definition) is 3. The molecule has 1 aliphatic carbocycles. The molecule has 0 aliphatic heterocycles. The Hall–Kier alpha value is -2.37. The standard InChI is InChI=1S/C18H24N2O4/c1-11(2)8-15(18(23)24)20-16(21)10-19-17(22)14-7-6-12-4-3-5-13(12)9-14/h6-7,9,11,15H,3-5,8,10H2,1-2H3,(H,19,22)(H,20,21)(H,23,24)/t15-/m0/s1. The molecule has 0 fully saturated rings. The highest BCUT2D eigenvalue weighted by Crippen LogP contribution is 2.22. The third-order valence-electron chi connectivity index (χ3n) is 4.11. The highest BCUT2D eigenvalue weighted by molar-refractivity contribution is 5.97. The maximum absolute atomic E-state index is 12.1. The van der Waals surface area contributed by atoms with Crippen LogP contribution in [0.5, 0.6) is 0 Å². The molecule has 1 atom stereocenters. The van der Waals surface area contributed by atoms with E-state index in [4.69, 9.17) is 5.11 Å². The topological polar surface area (TPSA) is 95.5 Å². The van der Waals surface area contributed by atoms with Crippen molar-refractivity contribution in [3.8, 4) is 0 Å². The summed E-state index contributed by atoms with van der Waals surface area (Å²) in [6.07, 6.45) is 3.48. The average Bonchev–Trinajstić information content (AvgIpc) is 2.98. The molecule has 0 aromatic heterocycles. The van der Waals surface area contributed by atoms with E-state index >= 15 is 0 Å². The monoisotopic (exact) mass is 332 g/mol. The van der Waals surface area contributed by atoms with Gasteiger partial charge in [0.25, 0.3) is 5.91 Å². The number of benzene rings is 1. The van der Waals surface area contributed by atoms with Gasteiger partial charge in [-0.05, 0) is 54.9 Å². The highest BCUT2D eigenvalue weighted by Gasteiger charge is 2.21. The van der Waals surface area contributed by atoms with Gasteiger partial charge in [-0.15, -0.1) is 0 Å². The molecule has 0 heterocycles. The predicted molar refractivity (Wildman–Crippen MR) is 89.8 cm³/mol. The first-order chi connectivity index (χ1) is 11.4. The van der Waals surface area contributed by atoms with Crippen LogP contribution in [0.3, 0.4) is 0 Å². The minimum atomic E-state index is -1.07. The molecule has 0 saturated carbocycles. The number of aliphatic carboxylic acids is 1. The van der Waals surface area contributed by atoms with Gasteiger partial charge in [0.05, 0.1) is 6.54 Å². The molecule has 3 N–H and O–H groups in total. The molecule has 1 aliphatic rings. The van der Waals surface area contributed by atoms with Crippen LogP contribution in [0.15, 0.2) is 18.2 Å². The Balaban J connectivity index is 1.86. The molecule has 2 amide bonds. The Morgan fingerprint density at radius 1 is 1.17 bits per heavy atom. The van der Waals surface area contributed by atoms with E-state index < -0.39 is 17.9 Å². The van der Waals surface area contributed by atoms with Gasteiger partial charge in [-0.3, -0.25) is 9.59 Å². The Morgan fingerprint density at radius 2 is 1.88 bits per heavy atom. The van der Waals surface area contributed by atoms with Gasteiger partial charge in [0.1, 0.15) is 6.04 Å². The Kier molecular flexibility index (Phi) is 5.95. The number of carbonyl (C=O) groups excluding carboxylic acids is 2. The van der Waals surface area contributed by atoms with Crippen molar-refractivity contribution in [1.29, 1.82) is 0 Å². The van der Waals surface area contributed by atoms with Crippen LogP contribution >= 0.6 is 0 Å². The Labute approximate surface area is 141 Å². The van der Waals surface area contributed by atoms with Gasteiger partial charge in [0.2, 0.25) is 5.91 Å². The Bertz CT molecular complexity index is 640. The number of amides is 2. The fourth-order valence-electron chi connectivity index (χ4n) is 2.91. The molecular weight excluding hydrogens is 308 g/mol. The summed E-state index contributed by atoms with van der Waals surface area (Å²) in [5.74, 6) is -1.75. The van der Waals surface area contributed by atoms with Crippen LogP contribution in [0, 0.1) is 5.92 Å². The van der Waals surface area contributed by atoms with Crippen molar-refractivity contribution < 1.29 is 19.5 Å². The summed E-state index contributed by atoms with van der Waals surface area (Å²) >= 11 is 0. The van der Waals surface area contributed by atoms with Crippen molar-refractivity contribution in [2.75, 3.05) is 6.54 Å². The Morgan fingerprint density at radius 3 is 2.54 bits per heavy atom. The minimum absolute atomic E-state index is 0.146. The first kappa shape index (κ1) is 18.0. The zero-order valence-electron chi connectivity index (χ0n) is 14.1. The van der Waals surface area contributed by atoms with Gasteiger partial charge in [0.15, 0.2) is 0 Å². The van der Waals surface area contributed by atoms with E-state index in [1.54, 1.807) is 6.07 Å². The lowest BCUT2D eigenvalue weighted by Crippen LogP contribution is -2.46. The maximum atomic E-state index is 12.1. The highest BCUT2D eigenvalue weighted by atomic mass is 16.4. The molecule has 1 aromatic carbocycles. The second kappa shape index (κ2) is 7.95. The van der Waals surface area contributed by atoms with Crippen LogP contribution in [0.4, 0.5) is 0 Å². The van der Waals surface area contributed by atoms with E-state index in [1.807, 2.05) is 26.0 Å². The number of carbonyl (C=O) groups is 3. The third kappa shape index (κ3) is 4.81. The summed E-state index contributed by atoms with van der Waals surface area (Å²) in [5, 5.41) is 14.1. The van der Waals surface area contributed by atoms with Crippen LogP contribution in [0.25, 0.3) is 0 Å². The lowest BCUT2D eigenvalue weighted by molar-refractivity contribution is -0.142. The first-order valence-corrected chi connectivity index (χ1v) is 8.29. The summed E-state index contributed by atoms with van der Waals surface area (Å²) < 4.78 is 0. The predicted octanol–water partition coefficient (Wildman–Crippen LogP) is 1.52. The van der Waals surface area contributed by atoms with Gasteiger partial charge < -0.3 is 15.7 Å².